The van der Waals surface area contributed by atoms with Crippen LogP contribution in [0.3, 0.4) is 0 Å². The van der Waals surface area contributed by atoms with Crippen molar-refractivity contribution < 1.29 is 4.79 Å². The van der Waals surface area contributed by atoms with Crippen LogP contribution in [0, 0.1) is 0 Å². The average Bonchev–Trinajstić information content (AvgIpc) is 2.34. The number of hydrogen-bond acceptors (Lipinski definition) is 2. The molecule has 98 valence electrons. The summed E-state index contributed by atoms with van der Waals surface area (Å²) in [6, 6.07) is 13.0. The number of carbonyl (C=O) groups excluding carboxylic acids is 1. The maximum absolute atomic E-state index is 11.9. The van der Waals surface area contributed by atoms with Crippen LogP contribution >= 0.6 is 31.9 Å². The molecule has 2 aromatic rings. The van der Waals surface area contributed by atoms with Gasteiger partial charge in [0.2, 0.25) is 5.91 Å². The first kappa shape index (κ1) is 14.1. The number of nitrogens with one attached hydrogen (secondary N) is 1. The van der Waals surface area contributed by atoms with Crippen LogP contribution in [0.5, 0.6) is 0 Å². The summed E-state index contributed by atoms with van der Waals surface area (Å²) in [5, 5.41) is 2.82. The number of nitrogen functional groups attached to an aromatic ring is 1. The number of anilines is 2. The predicted octanol–water partition coefficient (Wildman–Crippen LogP) is 3.98. The summed E-state index contributed by atoms with van der Waals surface area (Å²) in [4.78, 5) is 11.9. The van der Waals surface area contributed by atoms with Crippen molar-refractivity contribution in [3.8, 4) is 0 Å². The van der Waals surface area contributed by atoms with E-state index in [0.29, 0.717) is 17.8 Å². The van der Waals surface area contributed by atoms with Gasteiger partial charge in [-0.25, -0.2) is 0 Å². The second-order valence-electron chi connectivity index (χ2n) is 4.09. The van der Waals surface area contributed by atoms with Crippen LogP contribution in [0.1, 0.15) is 5.56 Å². The summed E-state index contributed by atoms with van der Waals surface area (Å²) in [5.41, 5.74) is 8.01. The third-order valence-corrected chi connectivity index (χ3v) is 3.75. The van der Waals surface area contributed by atoms with Crippen molar-refractivity contribution in [3.05, 3.63) is 57.0 Å². The standard InChI is InChI=1S/C14H12Br2N2O/c15-10-3-1-2-9(6-10)7-14(19)18-11-4-5-12(16)13(17)8-11/h1-6,8H,7,17H2,(H,18,19). The van der Waals surface area contributed by atoms with Gasteiger partial charge in [0.05, 0.1) is 6.42 Å². The van der Waals surface area contributed by atoms with Crippen LogP contribution in [0.15, 0.2) is 51.4 Å². The van der Waals surface area contributed by atoms with E-state index in [0.717, 1.165) is 14.5 Å². The van der Waals surface area contributed by atoms with Crippen LogP contribution in [0.25, 0.3) is 0 Å². The van der Waals surface area contributed by atoms with E-state index >= 15 is 0 Å². The lowest BCUT2D eigenvalue weighted by Crippen LogP contribution is -2.14. The Bertz CT molecular complexity index is 614. The minimum atomic E-state index is -0.0696. The second kappa shape index (κ2) is 6.21. The molecule has 0 saturated carbocycles. The summed E-state index contributed by atoms with van der Waals surface area (Å²) in [7, 11) is 0. The zero-order chi connectivity index (χ0) is 13.8. The minimum absolute atomic E-state index is 0.0696. The lowest BCUT2D eigenvalue weighted by molar-refractivity contribution is -0.115. The lowest BCUT2D eigenvalue weighted by atomic mass is 10.1. The molecule has 0 saturated heterocycles. The Morgan fingerprint density at radius 2 is 1.95 bits per heavy atom. The van der Waals surface area contributed by atoms with Crippen molar-refractivity contribution in [2.24, 2.45) is 0 Å². The Morgan fingerprint density at radius 1 is 1.16 bits per heavy atom. The zero-order valence-corrected chi connectivity index (χ0v) is 13.2. The Kier molecular flexibility index (Phi) is 4.61. The third-order valence-electron chi connectivity index (χ3n) is 2.53. The molecule has 0 bridgehead atoms. The van der Waals surface area contributed by atoms with Gasteiger partial charge in [-0.1, -0.05) is 28.1 Å². The largest absolute Gasteiger partial charge is 0.398 e. The molecule has 0 atom stereocenters. The molecule has 3 nitrogen and oxygen atoms in total. The van der Waals surface area contributed by atoms with Crippen molar-refractivity contribution in [2.75, 3.05) is 11.1 Å². The molecule has 1 amide bonds. The lowest BCUT2D eigenvalue weighted by Gasteiger charge is -2.07. The fraction of sp³-hybridized carbons (Fsp3) is 0.0714. The van der Waals surface area contributed by atoms with Gasteiger partial charge in [0.25, 0.3) is 0 Å². The number of amides is 1. The van der Waals surface area contributed by atoms with E-state index in [2.05, 4.69) is 37.2 Å². The molecule has 0 aliphatic rings. The fourth-order valence-electron chi connectivity index (χ4n) is 1.66. The first-order valence-corrected chi connectivity index (χ1v) is 7.22. The van der Waals surface area contributed by atoms with Gasteiger partial charge in [0.15, 0.2) is 0 Å². The molecule has 19 heavy (non-hydrogen) atoms. The summed E-state index contributed by atoms with van der Waals surface area (Å²) in [6.07, 6.45) is 0.329. The number of hydrogen-bond donors (Lipinski definition) is 2. The maximum Gasteiger partial charge on any atom is 0.228 e. The number of carbonyl (C=O) groups is 1. The Labute approximate surface area is 128 Å². The highest BCUT2D eigenvalue weighted by atomic mass is 79.9. The highest BCUT2D eigenvalue weighted by molar-refractivity contribution is 9.10. The number of halogens is 2. The van der Waals surface area contributed by atoms with Gasteiger partial charge in [-0.05, 0) is 51.8 Å². The van der Waals surface area contributed by atoms with Gasteiger partial charge in [-0.15, -0.1) is 0 Å². The first-order chi connectivity index (χ1) is 9.04. The summed E-state index contributed by atoms with van der Waals surface area (Å²) in [5.74, 6) is -0.0696. The highest BCUT2D eigenvalue weighted by Crippen LogP contribution is 2.23. The summed E-state index contributed by atoms with van der Waals surface area (Å²) >= 11 is 6.70. The normalized spacial score (nSPS) is 10.2. The van der Waals surface area contributed by atoms with Crippen LogP contribution in [-0.2, 0) is 11.2 Å². The van der Waals surface area contributed by atoms with Crippen LogP contribution in [-0.4, -0.2) is 5.91 Å². The first-order valence-electron chi connectivity index (χ1n) is 5.64. The molecular formula is C14H12Br2N2O. The third kappa shape index (κ3) is 4.08. The van der Waals surface area contributed by atoms with Gasteiger partial charge >= 0.3 is 0 Å². The Balaban J connectivity index is 2.03. The van der Waals surface area contributed by atoms with Gasteiger partial charge in [0, 0.05) is 20.3 Å². The van der Waals surface area contributed by atoms with E-state index in [1.807, 2.05) is 30.3 Å². The van der Waals surface area contributed by atoms with E-state index in [-0.39, 0.29) is 5.91 Å². The fourth-order valence-corrected chi connectivity index (χ4v) is 2.35. The molecule has 0 spiro atoms. The van der Waals surface area contributed by atoms with E-state index in [1.54, 1.807) is 12.1 Å². The van der Waals surface area contributed by atoms with Crippen LogP contribution in [0.2, 0.25) is 0 Å². The van der Waals surface area contributed by atoms with Crippen molar-refractivity contribution in [1.82, 2.24) is 0 Å². The van der Waals surface area contributed by atoms with Crippen molar-refractivity contribution >= 4 is 49.1 Å². The molecule has 3 N–H and O–H groups in total. The molecule has 5 heteroatoms. The molecule has 0 aliphatic heterocycles. The maximum atomic E-state index is 11.9. The average molecular weight is 384 g/mol. The van der Waals surface area contributed by atoms with Gasteiger partial charge < -0.3 is 11.1 Å². The number of benzene rings is 2. The highest BCUT2D eigenvalue weighted by Gasteiger charge is 2.05. The number of nitrogens with two attached hydrogens (primary N) is 1. The number of rotatable bonds is 3. The monoisotopic (exact) mass is 382 g/mol. The Morgan fingerprint density at radius 3 is 2.63 bits per heavy atom. The summed E-state index contributed by atoms with van der Waals surface area (Å²) < 4.78 is 1.78. The quantitative estimate of drug-likeness (QED) is 0.787. The molecule has 2 rings (SSSR count). The smallest absolute Gasteiger partial charge is 0.228 e. The molecule has 2 aromatic carbocycles. The van der Waals surface area contributed by atoms with Gasteiger partial charge in [-0.3, -0.25) is 4.79 Å². The van der Waals surface area contributed by atoms with Crippen LogP contribution < -0.4 is 11.1 Å². The molecule has 0 unspecified atom stereocenters. The van der Waals surface area contributed by atoms with E-state index in [4.69, 9.17) is 5.73 Å². The molecule has 0 radical (unpaired) electrons. The zero-order valence-electron chi connectivity index (χ0n) is 9.99. The van der Waals surface area contributed by atoms with Crippen molar-refractivity contribution in [2.45, 2.75) is 6.42 Å². The minimum Gasteiger partial charge on any atom is -0.398 e. The molecule has 0 fully saturated rings. The van der Waals surface area contributed by atoms with Crippen LogP contribution in [0.4, 0.5) is 11.4 Å². The van der Waals surface area contributed by atoms with E-state index < -0.39 is 0 Å². The van der Waals surface area contributed by atoms with E-state index in [9.17, 15) is 4.79 Å². The molecule has 0 heterocycles. The van der Waals surface area contributed by atoms with E-state index in [1.165, 1.54) is 0 Å². The second-order valence-corrected chi connectivity index (χ2v) is 5.86. The van der Waals surface area contributed by atoms with Crippen molar-refractivity contribution in [1.29, 1.82) is 0 Å². The molecule has 0 aromatic heterocycles. The SMILES string of the molecule is Nc1cc(NC(=O)Cc2cccc(Br)c2)ccc1Br. The van der Waals surface area contributed by atoms with Crippen molar-refractivity contribution in [3.63, 3.8) is 0 Å². The molecular weight excluding hydrogens is 372 g/mol. The predicted molar refractivity (Wildman–Crippen MR) is 85.0 cm³/mol. The van der Waals surface area contributed by atoms with Gasteiger partial charge in [-0.2, -0.15) is 0 Å². The summed E-state index contributed by atoms with van der Waals surface area (Å²) in [6.45, 7) is 0. The Hall–Kier alpha value is -1.33. The van der Waals surface area contributed by atoms with Gasteiger partial charge in [0.1, 0.15) is 0 Å². The molecule has 0 aliphatic carbocycles. The topological polar surface area (TPSA) is 55.1 Å².